The van der Waals surface area contributed by atoms with Crippen LogP contribution in [0, 0.1) is 5.92 Å². The maximum Gasteiger partial charge on any atom is 0.0553 e. The molecule has 3 heteroatoms. The van der Waals surface area contributed by atoms with Crippen molar-refractivity contribution in [1.82, 2.24) is 15.1 Å². The largest absolute Gasteiger partial charge is 0.309 e. The molecule has 0 spiro atoms. The van der Waals surface area contributed by atoms with E-state index in [1.54, 1.807) is 0 Å². The summed E-state index contributed by atoms with van der Waals surface area (Å²) in [6.45, 7) is 6.48. The summed E-state index contributed by atoms with van der Waals surface area (Å²) in [6.07, 6.45) is 13.0. The maximum absolute atomic E-state index is 4.44. The average Bonchev–Trinajstić information content (AvgIpc) is 2.97. The van der Waals surface area contributed by atoms with Crippen LogP contribution in [0.25, 0.3) is 0 Å². The smallest absolute Gasteiger partial charge is 0.0553 e. The molecule has 3 nitrogen and oxygen atoms in total. The summed E-state index contributed by atoms with van der Waals surface area (Å²) in [6, 6.07) is 2.68. The standard InChI is InChI=1S/C17H31N3/c1-3-13-18-16(17-12-14-19-20(17)4-2)11-10-15-8-6-5-7-9-15/h12,14-16,18H,3-11,13H2,1-2H3. The molecule has 1 aliphatic carbocycles. The molecule has 0 amide bonds. The van der Waals surface area contributed by atoms with Gasteiger partial charge in [0.25, 0.3) is 0 Å². The summed E-state index contributed by atoms with van der Waals surface area (Å²) in [7, 11) is 0. The van der Waals surface area contributed by atoms with Crippen LogP contribution in [-0.2, 0) is 6.54 Å². The van der Waals surface area contributed by atoms with Crippen LogP contribution in [0.4, 0.5) is 0 Å². The number of aromatic nitrogens is 2. The molecule has 0 bridgehead atoms. The van der Waals surface area contributed by atoms with Crippen LogP contribution in [0.1, 0.15) is 76.9 Å². The lowest BCUT2D eigenvalue weighted by Crippen LogP contribution is -2.25. The molecule has 1 N–H and O–H groups in total. The van der Waals surface area contributed by atoms with Crippen LogP contribution in [-0.4, -0.2) is 16.3 Å². The second-order valence-corrected chi connectivity index (χ2v) is 6.16. The average molecular weight is 277 g/mol. The zero-order chi connectivity index (χ0) is 14.2. The Morgan fingerprint density at radius 3 is 2.80 bits per heavy atom. The van der Waals surface area contributed by atoms with E-state index in [1.165, 1.54) is 57.1 Å². The Labute approximate surface area is 124 Å². The summed E-state index contributed by atoms with van der Waals surface area (Å²) < 4.78 is 2.15. The molecule has 1 heterocycles. The number of hydrogen-bond donors (Lipinski definition) is 1. The van der Waals surface area contributed by atoms with Gasteiger partial charge in [-0.1, -0.05) is 39.0 Å². The SMILES string of the molecule is CCCNC(CCC1CCCCC1)c1ccnn1CC. The van der Waals surface area contributed by atoms with Gasteiger partial charge in [0.15, 0.2) is 0 Å². The van der Waals surface area contributed by atoms with E-state index in [1.807, 2.05) is 6.20 Å². The third-order valence-electron chi connectivity index (χ3n) is 4.64. The topological polar surface area (TPSA) is 29.9 Å². The van der Waals surface area contributed by atoms with Gasteiger partial charge in [-0.2, -0.15) is 5.10 Å². The molecule has 0 aliphatic heterocycles. The van der Waals surface area contributed by atoms with Crippen molar-refractivity contribution >= 4 is 0 Å². The normalized spacial score (nSPS) is 18.3. The first-order chi connectivity index (χ1) is 9.85. The fraction of sp³-hybridized carbons (Fsp3) is 0.824. The van der Waals surface area contributed by atoms with Gasteiger partial charge in [0.1, 0.15) is 0 Å². The van der Waals surface area contributed by atoms with E-state index in [2.05, 4.69) is 35.0 Å². The van der Waals surface area contributed by atoms with Crippen LogP contribution >= 0.6 is 0 Å². The Balaban J connectivity index is 1.92. The zero-order valence-electron chi connectivity index (χ0n) is 13.3. The van der Waals surface area contributed by atoms with E-state index in [9.17, 15) is 0 Å². The number of rotatable bonds is 8. The van der Waals surface area contributed by atoms with E-state index >= 15 is 0 Å². The van der Waals surface area contributed by atoms with Gasteiger partial charge in [-0.15, -0.1) is 0 Å². The van der Waals surface area contributed by atoms with E-state index in [0.717, 1.165) is 19.0 Å². The van der Waals surface area contributed by atoms with Gasteiger partial charge in [-0.3, -0.25) is 4.68 Å². The van der Waals surface area contributed by atoms with Crippen molar-refractivity contribution in [2.75, 3.05) is 6.54 Å². The Bertz CT molecular complexity index is 366. The fourth-order valence-corrected chi connectivity index (χ4v) is 3.45. The second kappa shape index (κ2) is 8.46. The highest BCUT2D eigenvalue weighted by Gasteiger charge is 2.19. The van der Waals surface area contributed by atoms with Crippen LogP contribution < -0.4 is 5.32 Å². The number of nitrogens with zero attached hydrogens (tertiary/aromatic N) is 2. The Kier molecular flexibility index (Phi) is 6.58. The molecule has 1 aromatic heterocycles. The lowest BCUT2D eigenvalue weighted by Gasteiger charge is -2.25. The first-order valence-electron chi connectivity index (χ1n) is 8.60. The van der Waals surface area contributed by atoms with Crippen molar-refractivity contribution in [2.45, 2.75) is 77.8 Å². The van der Waals surface area contributed by atoms with Gasteiger partial charge in [0.05, 0.1) is 5.69 Å². The zero-order valence-corrected chi connectivity index (χ0v) is 13.3. The highest BCUT2D eigenvalue weighted by molar-refractivity contribution is 5.07. The third-order valence-corrected chi connectivity index (χ3v) is 4.64. The highest BCUT2D eigenvalue weighted by atomic mass is 15.3. The Morgan fingerprint density at radius 2 is 2.10 bits per heavy atom. The molecule has 1 atom stereocenters. The van der Waals surface area contributed by atoms with Crippen molar-refractivity contribution in [3.63, 3.8) is 0 Å². The van der Waals surface area contributed by atoms with E-state index in [-0.39, 0.29) is 0 Å². The fourth-order valence-electron chi connectivity index (χ4n) is 3.45. The predicted octanol–water partition coefficient (Wildman–Crippen LogP) is 4.30. The van der Waals surface area contributed by atoms with Gasteiger partial charge in [0, 0.05) is 18.8 Å². The molecule has 20 heavy (non-hydrogen) atoms. The van der Waals surface area contributed by atoms with Crippen molar-refractivity contribution in [3.8, 4) is 0 Å². The summed E-state index contributed by atoms with van der Waals surface area (Å²) in [5, 5.41) is 8.16. The summed E-state index contributed by atoms with van der Waals surface area (Å²) >= 11 is 0. The van der Waals surface area contributed by atoms with Crippen LogP contribution in [0.2, 0.25) is 0 Å². The van der Waals surface area contributed by atoms with Crippen LogP contribution in [0.15, 0.2) is 12.3 Å². The van der Waals surface area contributed by atoms with E-state index in [4.69, 9.17) is 0 Å². The molecule has 0 saturated heterocycles. The molecular formula is C17H31N3. The third kappa shape index (κ3) is 4.34. The van der Waals surface area contributed by atoms with Gasteiger partial charge < -0.3 is 5.32 Å². The number of hydrogen-bond acceptors (Lipinski definition) is 2. The van der Waals surface area contributed by atoms with Crippen LogP contribution in [0.5, 0.6) is 0 Å². The highest BCUT2D eigenvalue weighted by Crippen LogP contribution is 2.30. The molecule has 1 unspecified atom stereocenters. The van der Waals surface area contributed by atoms with Gasteiger partial charge in [-0.05, 0) is 44.7 Å². The van der Waals surface area contributed by atoms with E-state index in [0.29, 0.717) is 6.04 Å². The molecule has 0 aromatic carbocycles. The molecule has 1 aromatic rings. The summed E-state index contributed by atoms with van der Waals surface area (Å²) in [5.74, 6) is 0.965. The minimum Gasteiger partial charge on any atom is -0.309 e. The molecule has 1 saturated carbocycles. The molecule has 114 valence electrons. The lowest BCUT2D eigenvalue weighted by atomic mass is 9.85. The first kappa shape index (κ1) is 15.6. The Morgan fingerprint density at radius 1 is 1.30 bits per heavy atom. The van der Waals surface area contributed by atoms with Crippen molar-refractivity contribution in [3.05, 3.63) is 18.0 Å². The monoisotopic (exact) mass is 277 g/mol. The number of aryl methyl sites for hydroxylation is 1. The Hall–Kier alpha value is -0.830. The molecule has 0 radical (unpaired) electrons. The molecule has 2 rings (SSSR count). The van der Waals surface area contributed by atoms with Crippen molar-refractivity contribution < 1.29 is 0 Å². The van der Waals surface area contributed by atoms with Crippen LogP contribution in [0.3, 0.4) is 0 Å². The maximum atomic E-state index is 4.44. The van der Waals surface area contributed by atoms with Crippen molar-refractivity contribution in [1.29, 1.82) is 0 Å². The first-order valence-corrected chi connectivity index (χ1v) is 8.60. The summed E-state index contributed by atoms with van der Waals surface area (Å²) in [4.78, 5) is 0. The van der Waals surface area contributed by atoms with E-state index < -0.39 is 0 Å². The minimum atomic E-state index is 0.485. The van der Waals surface area contributed by atoms with Gasteiger partial charge >= 0.3 is 0 Å². The molecule has 1 fully saturated rings. The van der Waals surface area contributed by atoms with Gasteiger partial charge in [-0.25, -0.2) is 0 Å². The quantitative estimate of drug-likeness (QED) is 0.767. The minimum absolute atomic E-state index is 0.485. The molecule has 1 aliphatic rings. The summed E-state index contributed by atoms with van der Waals surface area (Å²) in [5.41, 5.74) is 1.37. The lowest BCUT2D eigenvalue weighted by molar-refractivity contribution is 0.310. The van der Waals surface area contributed by atoms with Crippen molar-refractivity contribution in [2.24, 2.45) is 5.92 Å². The molecular weight excluding hydrogens is 246 g/mol. The number of nitrogens with one attached hydrogen (secondary N) is 1. The second-order valence-electron chi connectivity index (χ2n) is 6.16. The predicted molar refractivity (Wildman–Crippen MR) is 84.7 cm³/mol. The van der Waals surface area contributed by atoms with Gasteiger partial charge in [0.2, 0.25) is 0 Å².